The fraction of sp³-hybridized carbons (Fsp3) is 0.211. The highest BCUT2D eigenvalue weighted by atomic mass is 35.5. The lowest BCUT2D eigenvalue weighted by Crippen LogP contribution is -2.24. The van der Waals surface area contributed by atoms with Crippen LogP contribution in [0.3, 0.4) is 0 Å². The van der Waals surface area contributed by atoms with Gasteiger partial charge in [0.15, 0.2) is 0 Å². The molecule has 2 heterocycles. The fourth-order valence-electron chi connectivity index (χ4n) is 3.11. The number of hydrogen-bond acceptors (Lipinski definition) is 4. The maximum atomic E-state index is 13.3. The van der Waals surface area contributed by atoms with Crippen LogP contribution in [0.1, 0.15) is 23.8 Å². The van der Waals surface area contributed by atoms with Gasteiger partial charge in [0.1, 0.15) is 5.82 Å². The molecule has 2 aromatic carbocycles. The van der Waals surface area contributed by atoms with Crippen molar-refractivity contribution < 1.29 is 26.9 Å². The van der Waals surface area contributed by atoms with E-state index >= 15 is 0 Å². The van der Waals surface area contributed by atoms with Gasteiger partial charge < -0.3 is 9.42 Å². The van der Waals surface area contributed by atoms with Crippen LogP contribution in [0.5, 0.6) is 0 Å². The van der Waals surface area contributed by atoms with Crippen molar-refractivity contribution in [2.24, 2.45) is 0 Å². The van der Waals surface area contributed by atoms with Gasteiger partial charge in [-0.2, -0.15) is 18.2 Å². The summed E-state index contributed by atoms with van der Waals surface area (Å²) in [5, 5.41) is 3.76. The standard InChI is InChI=1S/C19H12ClF4N3O2/c20-14-7-10(1-6-15(14)21)17-25-18(29-26-17)11-8-16(28)27(9-11)13-4-2-12(3-5-13)19(22,23)24/h1-7,11H,8-9H2. The van der Waals surface area contributed by atoms with Crippen molar-refractivity contribution in [1.29, 1.82) is 0 Å². The number of carbonyl (C=O) groups is 1. The molecule has 0 radical (unpaired) electrons. The second-order valence-electron chi connectivity index (χ2n) is 6.54. The first-order valence-electron chi connectivity index (χ1n) is 8.49. The second-order valence-corrected chi connectivity index (χ2v) is 6.94. The molecule has 1 aromatic heterocycles. The normalized spacial score (nSPS) is 17.2. The van der Waals surface area contributed by atoms with Gasteiger partial charge in [-0.15, -0.1) is 0 Å². The zero-order chi connectivity index (χ0) is 20.8. The predicted octanol–water partition coefficient (Wildman–Crippen LogP) is 5.07. The Hall–Kier alpha value is -2.94. The highest BCUT2D eigenvalue weighted by Gasteiger charge is 2.36. The predicted molar refractivity (Wildman–Crippen MR) is 95.9 cm³/mol. The molecule has 0 aliphatic carbocycles. The van der Waals surface area contributed by atoms with Crippen molar-refractivity contribution in [3.05, 3.63) is 64.8 Å². The summed E-state index contributed by atoms with van der Waals surface area (Å²) in [6, 6.07) is 8.35. The number of nitrogens with zero attached hydrogens (tertiary/aromatic N) is 3. The van der Waals surface area contributed by atoms with Gasteiger partial charge in [0.2, 0.25) is 17.6 Å². The topological polar surface area (TPSA) is 59.2 Å². The molecule has 150 valence electrons. The highest BCUT2D eigenvalue weighted by molar-refractivity contribution is 6.31. The number of amides is 1. The van der Waals surface area contributed by atoms with Gasteiger partial charge in [-0.25, -0.2) is 4.39 Å². The summed E-state index contributed by atoms with van der Waals surface area (Å²) in [7, 11) is 0. The largest absolute Gasteiger partial charge is 0.416 e. The molecule has 10 heteroatoms. The number of aromatic nitrogens is 2. The van der Waals surface area contributed by atoms with Crippen molar-refractivity contribution in [3.63, 3.8) is 0 Å². The summed E-state index contributed by atoms with van der Waals surface area (Å²) in [5.41, 5.74) is 0.0230. The van der Waals surface area contributed by atoms with Gasteiger partial charge in [-0.1, -0.05) is 16.8 Å². The average molecular weight is 426 g/mol. The number of carbonyl (C=O) groups excluding carboxylic acids is 1. The molecule has 1 aliphatic heterocycles. The summed E-state index contributed by atoms with van der Waals surface area (Å²) < 4.78 is 56.7. The first kappa shape index (κ1) is 19.4. The minimum Gasteiger partial charge on any atom is -0.339 e. The van der Waals surface area contributed by atoms with Crippen LogP contribution in [0.4, 0.5) is 23.2 Å². The van der Waals surface area contributed by atoms with Crippen LogP contribution in [0, 0.1) is 5.82 Å². The van der Waals surface area contributed by atoms with Gasteiger partial charge in [0.05, 0.1) is 16.5 Å². The first-order chi connectivity index (χ1) is 13.7. The Kier molecular flexibility index (Phi) is 4.77. The van der Waals surface area contributed by atoms with Crippen molar-refractivity contribution in [2.45, 2.75) is 18.5 Å². The molecular formula is C19H12ClF4N3O2. The molecule has 1 atom stereocenters. The SMILES string of the molecule is O=C1CC(c2nc(-c3ccc(F)c(Cl)c3)no2)CN1c1ccc(C(F)(F)F)cc1. The lowest BCUT2D eigenvalue weighted by atomic mass is 10.1. The van der Waals surface area contributed by atoms with E-state index in [1.807, 2.05) is 0 Å². The zero-order valence-corrected chi connectivity index (χ0v) is 15.3. The third-order valence-corrected chi connectivity index (χ3v) is 4.89. The van der Waals surface area contributed by atoms with E-state index in [0.717, 1.165) is 12.1 Å². The molecule has 1 saturated heterocycles. The van der Waals surface area contributed by atoms with Crippen LogP contribution in [0.15, 0.2) is 47.0 Å². The highest BCUT2D eigenvalue weighted by Crippen LogP contribution is 2.35. The van der Waals surface area contributed by atoms with E-state index in [2.05, 4.69) is 10.1 Å². The van der Waals surface area contributed by atoms with E-state index in [-0.39, 0.29) is 35.6 Å². The van der Waals surface area contributed by atoms with Crippen LogP contribution in [-0.4, -0.2) is 22.6 Å². The fourth-order valence-corrected chi connectivity index (χ4v) is 3.29. The molecule has 0 saturated carbocycles. The summed E-state index contributed by atoms with van der Waals surface area (Å²) in [5.74, 6) is -0.848. The maximum Gasteiger partial charge on any atom is 0.416 e. The Morgan fingerprint density at radius 2 is 1.86 bits per heavy atom. The molecule has 5 nitrogen and oxygen atoms in total. The molecular weight excluding hydrogens is 414 g/mol. The zero-order valence-electron chi connectivity index (χ0n) is 14.6. The molecule has 3 aromatic rings. The van der Waals surface area contributed by atoms with E-state index in [1.54, 1.807) is 0 Å². The molecule has 1 amide bonds. The smallest absolute Gasteiger partial charge is 0.339 e. The Balaban J connectivity index is 1.52. The summed E-state index contributed by atoms with van der Waals surface area (Å²) in [6.45, 7) is 0.190. The number of anilines is 1. The second kappa shape index (κ2) is 7.14. The molecule has 1 fully saturated rings. The van der Waals surface area contributed by atoms with Crippen molar-refractivity contribution in [1.82, 2.24) is 10.1 Å². The summed E-state index contributed by atoms with van der Waals surface area (Å²) in [6.07, 6.45) is -4.37. The van der Waals surface area contributed by atoms with Gasteiger partial charge in [-0.3, -0.25) is 4.79 Å². The summed E-state index contributed by atoms with van der Waals surface area (Å²) in [4.78, 5) is 18.0. The molecule has 29 heavy (non-hydrogen) atoms. The van der Waals surface area contributed by atoms with Crippen LogP contribution < -0.4 is 4.90 Å². The summed E-state index contributed by atoms with van der Waals surface area (Å²) >= 11 is 5.76. The molecule has 0 N–H and O–H groups in total. The molecule has 0 spiro atoms. The first-order valence-corrected chi connectivity index (χ1v) is 8.87. The van der Waals surface area contributed by atoms with Crippen LogP contribution in [0.2, 0.25) is 5.02 Å². The van der Waals surface area contributed by atoms with Gasteiger partial charge >= 0.3 is 6.18 Å². The maximum absolute atomic E-state index is 13.3. The van der Waals surface area contributed by atoms with Gasteiger partial charge in [0, 0.05) is 24.2 Å². The minimum atomic E-state index is -4.44. The van der Waals surface area contributed by atoms with E-state index in [0.29, 0.717) is 11.3 Å². The molecule has 1 unspecified atom stereocenters. The Morgan fingerprint density at radius 1 is 1.14 bits per heavy atom. The molecule has 1 aliphatic rings. The Labute approximate surface area is 166 Å². The monoisotopic (exact) mass is 425 g/mol. The molecule has 4 rings (SSSR count). The van der Waals surface area contributed by atoms with E-state index in [9.17, 15) is 22.4 Å². The van der Waals surface area contributed by atoms with Crippen LogP contribution >= 0.6 is 11.6 Å². The van der Waals surface area contributed by atoms with Crippen LogP contribution in [0.25, 0.3) is 11.4 Å². The van der Waals surface area contributed by atoms with Gasteiger partial charge in [0.25, 0.3) is 0 Å². The number of rotatable bonds is 3. The van der Waals surface area contributed by atoms with Crippen molar-refractivity contribution in [3.8, 4) is 11.4 Å². The third kappa shape index (κ3) is 3.82. The van der Waals surface area contributed by atoms with Crippen molar-refractivity contribution >= 4 is 23.2 Å². The van der Waals surface area contributed by atoms with Crippen LogP contribution in [-0.2, 0) is 11.0 Å². The Bertz CT molecular complexity index is 1070. The molecule has 0 bridgehead atoms. The number of benzene rings is 2. The minimum absolute atomic E-state index is 0.0762. The number of halogens is 5. The number of alkyl halides is 3. The third-order valence-electron chi connectivity index (χ3n) is 4.60. The lowest BCUT2D eigenvalue weighted by Gasteiger charge is -2.17. The van der Waals surface area contributed by atoms with E-state index in [4.69, 9.17) is 16.1 Å². The van der Waals surface area contributed by atoms with E-state index in [1.165, 1.54) is 35.2 Å². The Morgan fingerprint density at radius 3 is 2.52 bits per heavy atom. The lowest BCUT2D eigenvalue weighted by molar-refractivity contribution is -0.137. The quantitative estimate of drug-likeness (QED) is 0.550. The van der Waals surface area contributed by atoms with E-state index < -0.39 is 23.5 Å². The van der Waals surface area contributed by atoms with Crippen molar-refractivity contribution in [2.75, 3.05) is 11.4 Å². The number of hydrogen-bond donors (Lipinski definition) is 0. The van der Waals surface area contributed by atoms with Gasteiger partial charge in [-0.05, 0) is 42.5 Å². The average Bonchev–Trinajstić information content (AvgIpc) is 3.30.